The van der Waals surface area contributed by atoms with E-state index in [0.717, 1.165) is 0 Å². The monoisotopic (exact) mass is 539 g/mol. The van der Waals surface area contributed by atoms with Crippen molar-refractivity contribution in [2.45, 2.75) is 158 Å². The zero-order valence-corrected chi connectivity index (χ0v) is 28.8. The summed E-state index contributed by atoms with van der Waals surface area (Å²) >= 11 is -1.48. The molecule has 1 N–H and O–H groups in total. The van der Waals surface area contributed by atoms with Crippen LogP contribution in [0.5, 0.6) is 0 Å². The quantitative estimate of drug-likeness (QED) is 0.225. The average molecular weight is 540 g/mol. The maximum atomic E-state index is 4.56. The number of rotatable bonds is 5. The SMILES string of the molecule is CC(C)(C)N=NNC(C)(C)C.CC(C)(C)N=N[N]([GaH][N](N=NC(C)(C)C)C(C)(C)C)C(C)(C)C. The number of hydrogen-bond donors (Lipinski definition) is 1. The van der Waals surface area contributed by atoms with E-state index in [0.29, 0.717) is 0 Å². The Balaban J connectivity index is 0. The molecule has 200 valence electrons. The minimum absolute atomic E-state index is 0.00868. The van der Waals surface area contributed by atoms with Gasteiger partial charge in [-0.25, -0.2) is 0 Å². The fourth-order valence-electron chi connectivity index (χ4n) is 1.58. The first kappa shape index (κ1) is 35.0. The van der Waals surface area contributed by atoms with Crippen molar-refractivity contribution in [3.63, 3.8) is 0 Å². The molecule has 34 heavy (non-hydrogen) atoms. The van der Waals surface area contributed by atoms with E-state index in [2.05, 4.69) is 148 Å². The van der Waals surface area contributed by atoms with Crippen LogP contribution < -0.4 is 5.43 Å². The normalized spacial score (nSPS) is 14.4. The second kappa shape index (κ2) is 12.7. The van der Waals surface area contributed by atoms with Gasteiger partial charge in [0, 0.05) is 5.54 Å². The van der Waals surface area contributed by atoms with Crippen LogP contribution in [0, 0.1) is 0 Å². The average Bonchev–Trinajstić information content (AvgIpc) is 2.47. The molecule has 0 rings (SSSR count). The second-order valence-corrected chi connectivity index (χ2v) is 17.8. The molecule has 0 aliphatic heterocycles. The van der Waals surface area contributed by atoms with Crippen molar-refractivity contribution in [3.8, 4) is 0 Å². The van der Waals surface area contributed by atoms with Gasteiger partial charge in [-0.3, -0.25) is 5.43 Å². The first-order valence-electron chi connectivity index (χ1n) is 12.2. The van der Waals surface area contributed by atoms with Gasteiger partial charge in [0.25, 0.3) is 0 Å². The van der Waals surface area contributed by atoms with Gasteiger partial charge in [-0.15, -0.1) is 0 Å². The molecule has 0 aromatic carbocycles. The van der Waals surface area contributed by atoms with Crippen LogP contribution in [0.25, 0.3) is 0 Å². The van der Waals surface area contributed by atoms with Crippen LogP contribution >= 0.6 is 0 Å². The molecule has 0 aliphatic rings. The van der Waals surface area contributed by atoms with E-state index >= 15 is 0 Å². The number of nitrogens with one attached hydrogen (secondary N) is 1. The van der Waals surface area contributed by atoms with E-state index < -0.39 is 17.9 Å². The molecular formula is C24H56GaN9. The van der Waals surface area contributed by atoms with Gasteiger partial charge in [-0.05, 0) is 41.5 Å². The molecule has 0 bridgehead atoms. The van der Waals surface area contributed by atoms with Crippen LogP contribution in [0.1, 0.15) is 125 Å². The zero-order valence-electron chi connectivity index (χ0n) is 25.8. The molecule has 0 fully saturated rings. The molecule has 0 aromatic heterocycles. The van der Waals surface area contributed by atoms with Gasteiger partial charge >= 0.3 is 151 Å². The summed E-state index contributed by atoms with van der Waals surface area (Å²) in [6, 6.07) is 0. The summed E-state index contributed by atoms with van der Waals surface area (Å²) in [5.41, 5.74) is 2.36. The van der Waals surface area contributed by atoms with Crippen molar-refractivity contribution in [2.75, 3.05) is 0 Å². The molecule has 0 saturated carbocycles. The molecule has 0 spiro atoms. The first-order chi connectivity index (χ1) is 14.6. The molecular weight excluding hydrogens is 484 g/mol. The van der Waals surface area contributed by atoms with Crippen LogP contribution in [-0.4, -0.2) is 58.6 Å². The molecule has 0 aromatic rings. The Hall–Kier alpha value is -1.16. The Morgan fingerprint density at radius 2 is 0.765 bits per heavy atom. The van der Waals surface area contributed by atoms with Crippen LogP contribution in [0.15, 0.2) is 31.0 Å². The van der Waals surface area contributed by atoms with Crippen molar-refractivity contribution in [3.05, 3.63) is 0 Å². The summed E-state index contributed by atoms with van der Waals surface area (Å²) in [5.74, 6) is 0. The molecule has 0 radical (unpaired) electrons. The third-order valence-corrected chi connectivity index (χ3v) is 9.09. The first-order valence-corrected chi connectivity index (χ1v) is 14.9. The molecule has 10 heteroatoms. The fraction of sp³-hybridized carbons (Fsp3) is 1.00. The molecule has 0 atom stereocenters. The Morgan fingerprint density at radius 1 is 0.471 bits per heavy atom. The van der Waals surface area contributed by atoms with Gasteiger partial charge in [0.15, 0.2) is 0 Å². The summed E-state index contributed by atoms with van der Waals surface area (Å²) in [7, 11) is 0. The Bertz CT molecular complexity index is 619. The molecule has 9 nitrogen and oxygen atoms in total. The van der Waals surface area contributed by atoms with E-state index in [4.69, 9.17) is 0 Å². The maximum absolute atomic E-state index is 4.56. The summed E-state index contributed by atoms with van der Waals surface area (Å²) < 4.78 is 4.30. The predicted molar refractivity (Wildman–Crippen MR) is 147 cm³/mol. The summed E-state index contributed by atoms with van der Waals surface area (Å²) in [6.45, 7) is 37.6. The van der Waals surface area contributed by atoms with Gasteiger partial charge < -0.3 is 0 Å². The van der Waals surface area contributed by atoms with E-state index in [1.54, 1.807) is 0 Å². The summed E-state index contributed by atoms with van der Waals surface area (Å²) in [5, 5.41) is 26.0. The minimum atomic E-state index is -1.48. The number of hydrogen-bond acceptors (Lipinski definition) is 6. The molecule has 0 unspecified atom stereocenters. The van der Waals surface area contributed by atoms with Crippen LogP contribution in [0.3, 0.4) is 0 Å². The van der Waals surface area contributed by atoms with E-state index in [1.165, 1.54) is 0 Å². The third kappa shape index (κ3) is 22.6. The van der Waals surface area contributed by atoms with Gasteiger partial charge in [0.1, 0.15) is 0 Å². The summed E-state index contributed by atoms with van der Waals surface area (Å²) in [4.78, 5) is 0. The van der Waals surface area contributed by atoms with Gasteiger partial charge in [0.2, 0.25) is 0 Å². The second-order valence-electron chi connectivity index (χ2n) is 14.7. The van der Waals surface area contributed by atoms with Crippen LogP contribution in [0.2, 0.25) is 0 Å². The predicted octanol–water partition coefficient (Wildman–Crippen LogP) is 7.33. The van der Waals surface area contributed by atoms with Crippen molar-refractivity contribution in [2.24, 2.45) is 31.0 Å². The topological polar surface area (TPSA) is 92.7 Å². The molecule has 0 heterocycles. The van der Waals surface area contributed by atoms with Crippen molar-refractivity contribution in [1.29, 1.82) is 0 Å². The molecule has 0 amide bonds. The van der Waals surface area contributed by atoms with Gasteiger partial charge in [0.05, 0.1) is 5.54 Å². The van der Waals surface area contributed by atoms with Crippen LogP contribution in [0.4, 0.5) is 0 Å². The Labute approximate surface area is 219 Å². The molecule has 0 saturated heterocycles. The Morgan fingerprint density at radius 3 is 0.971 bits per heavy atom. The summed E-state index contributed by atoms with van der Waals surface area (Å²) in [6.07, 6.45) is 0. The van der Waals surface area contributed by atoms with Crippen molar-refractivity contribution >= 4 is 17.9 Å². The zero-order chi connectivity index (χ0) is 27.8. The van der Waals surface area contributed by atoms with Gasteiger partial charge in [-0.2, -0.15) is 5.11 Å². The van der Waals surface area contributed by atoms with E-state index in [-0.39, 0.29) is 33.2 Å². The van der Waals surface area contributed by atoms with Gasteiger partial charge in [-0.1, -0.05) is 5.22 Å². The molecule has 0 aliphatic carbocycles. The van der Waals surface area contributed by atoms with E-state index in [9.17, 15) is 0 Å². The Kier molecular flexibility index (Phi) is 13.1. The van der Waals surface area contributed by atoms with E-state index in [1.807, 2.05) is 20.8 Å². The van der Waals surface area contributed by atoms with Crippen LogP contribution in [-0.2, 0) is 0 Å². The fourth-order valence-corrected chi connectivity index (χ4v) is 4.39. The van der Waals surface area contributed by atoms with Crippen molar-refractivity contribution in [1.82, 2.24) is 12.9 Å². The standard InChI is InChI=1S/C8H19N3.2C8H18N3.Ga.H/c3*1-7(2,3)9-11-10-8(4,5)6;;/h1-6H3,(H,9,10);2*1-6H3;;/q;2*-1;+2;. The number of nitrogens with zero attached hydrogens (tertiary/aromatic N) is 8. The van der Waals surface area contributed by atoms with Crippen molar-refractivity contribution < 1.29 is 0 Å². The third-order valence-electron chi connectivity index (χ3n) is 3.46.